The Labute approximate surface area is 186 Å². The van der Waals surface area contributed by atoms with E-state index < -0.39 is 5.97 Å². The molecule has 0 spiro atoms. The first kappa shape index (κ1) is 21.1. The van der Waals surface area contributed by atoms with Crippen molar-refractivity contribution in [2.45, 2.75) is 6.61 Å². The molecule has 0 heterocycles. The quantitative estimate of drug-likeness (QED) is 0.276. The second kappa shape index (κ2) is 9.79. The number of esters is 1. The lowest BCUT2D eigenvalue weighted by atomic mass is 10.0. The lowest BCUT2D eigenvalue weighted by Gasteiger charge is -2.10. The number of benzene rings is 4. The van der Waals surface area contributed by atoms with Gasteiger partial charge in [-0.1, -0.05) is 60.7 Å². The van der Waals surface area contributed by atoms with Crippen LogP contribution in [0.25, 0.3) is 10.8 Å². The molecule has 32 heavy (non-hydrogen) atoms. The Morgan fingerprint density at radius 2 is 1.38 bits per heavy atom. The van der Waals surface area contributed by atoms with E-state index in [9.17, 15) is 9.59 Å². The minimum Gasteiger partial charge on any atom is -0.493 e. The van der Waals surface area contributed by atoms with Crippen LogP contribution in [0.5, 0.6) is 11.5 Å². The lowest BCUT2D eigenvalue weighted by molar-refractivity contribution is 0.0475. The zero-order valence-electron chi connectivity index (χ0n) is 17.6. The molecule has 4 aromatic rings. The molecule has 160 valence electrons. The normalized spacial score (nSPS) is 10.5. The van der Waals surface area contributed by atoms with Crippen LogP contribution in [0.1, 0.15) is 26.3 Å². The summed E-state index contributed by atoms with van der Waals surface area (Å²) in [5.41, 5.74) is 1.78. The minimum absolute atomic E-state index is 0.245. The van der Waals surface area contributed by atoms with Crippen molar-refractivity contribution in [2.75, 3.05) is 13.7 Å². The third kappa shape index (κ3) is 4.95. The molecule has 4 rings (SSSR count). The third-order valence-corrected chi connectivity index (χ3v) is 5.06. The van der Waals surface area contributed by atoms with E-state index in [0.717, 1.165) is 16.3 Å². The van der Waals surface area contributed by atoms with Crippen molar-refractivity contribution in [1.29, 1.82) is 0 Å². The molecule has 0 saturated carbocycles. The fraction of sp³-hybridized carbons (Fsp3) is 0.111. The Hall–Kier alpha value is -4.12. The average molecular weight is 426 g/mol. The summed E-state index contributed by atoms with van der Waals surface area (Å²) in [5, 5.41) is 2.02. The summed E-state index contributed by atoms with van der Waals surface area (Å²) in [6.07, 6.45) is 0. The molecule has 0 bridgehead atoms. The number of para-hydroxylation sites is 2. The predicted molar refractivity (Wildman–Crippen MR) is 122 cm³/mol. The maximum Gasteiger partial charge on any atom is 0.338 e. The Balaban J connectivity index is 1.32. The van der Waals surface area contributed by atoms with Gasteiger partial charge in [0.1, 0.15) is 6.61 Å². The van der Waals surface area contributed by atoms with Gasteiger partial charge in [0.2, 0.25) is 0 Å². The van der Waals surface area contributed by atoms with Crippen molar-refractivity contribution in [2.24, 2.45) is 0 Å². The lowest BCUT2D eigenvalue weighted by Crippen LogP contribution is -2.14. The Kier molecular flexibility index (Phi) is 6.46. The summed E-state index contributed by atoms with van der Waals surface area (Å²) >= 11 is 0. The van der Waals surface area contributed by atoms with Gasteiger partial charge in [-0.05, 0) is 46.7 Å². The van der Waals surface area contributed by atoms with Gasteiger partial charge < -0.3 is 14.2 Å². The molecule has 0 amide bonds. The molecule has 0 atom stereocenters. The smallest absolute Gasteiger partial charge is 0.338 e. The van der Waals surface area contributed by atoms with Gasteiger partial charge in [0.15, 0.2) is 23.9 Å². The molecule has 0 unspecified atom stereocenters. The highest BCUT2D eigenvalue weighted by Crippen LogP contribution is 2.26. The van der Waals surface area contributed by atoms with E-state index in [0.29, 0.717) is 29.2 Å². The average Bonchev–Trinajstić information content (AvgIpc) is 2.86. The molecule has 0 saturated heterocycles. The largest absolute Gasteiger partial charge is 0.493 e. The van der Waals surface area contributed by atoms with Crippen LogP contribution in [0, 0.1) is 0 Å². The van der Waals surface area contributed by atoms with Crippen molar-refractivity contribution in [1.82, 2.24) is 0 Å². The van der Waals surface area contributed by atoms with Gasteiger partial charge in [0, 0.05) is 5.56 Å². The van der Waals surface area contributed by atoms with Crippen LogP contribution in [0.2, 0.25) is 0 Å². The van der Waals surface area contributed by atoms with Crippen molar-refractivity contribution in [3.8, 4) is 11.5 Å². The molecule has 0 fully saturated rings. The topological polar surface area (TPSA) is 61.8 Å². The molecule has 0 aliphatic carbocycles. The van der Waals surface area contributed by atoms with E-state index in [1.165, 1.54) is 0 Å². The second-order valence-corrected chi connectivity index (χ2v) is 7.20. The zero-order valence-corrected chi connectivity index (χ0v) is 17.6. The van der Waals surface area contributed by atoms with Crippen LogP contribution in [0.4, 0.5) is 0 Å². The number of carbonyl (C=O) groups is 2. The maximum atomic E-state index is 12.4. The monoisotopic (exact) mass is 426 g/mol. The number of carbonyl (C=O) groups excluding carboxylic acids is 2. The Morgan fingerprint density at radius 3 is 2.12 bits per heavy atom. The van der Waals surface area contributed by atoms with Gasteiger partial charge in [-0.15, -0.1) is 0 Å². The van der Waals surface area contributed by atoms with Crippen LogP contribution in [-0.4, -0.2) is 25.5 Å². The van der Waals surface area contributed by atoms with Crippen LogP contribution < -0.4 is 9.47 Å². The molecule has 5 nitrogen and oxygen atoms in total. The van der Waals surface area contributed by atoms with Gasteiger partial charge in [0.05, 0.1) is 12.7 Å². The highest BCUT2D eigenvalue weighted by Gasteiger charge is 2.13. The number of hydrogen-bond donors (Lipinski definition) is 0. The van der Waals surface area contributed by atoms with Crippen LogP contribution >= 0.6 is 0 Å². The number of hydrogen-bond acceptors (Lipinski definition) is 5. The van der Waals surface area contributed by atoms with E-state index in [1.807, 2.05) is 60.7 Å². The Morgan fingerprint density at radius 1 is 0.719 bits per heavy atom. The number of rotatable bonds is 8. The third-order valence-electron chi connectivity index (χ3n) is 5.06. The van der Waals surface area contributed by atoms with Crippen molar-refractivity contribution in [3.05, 3.63) is 108 Å². The summed E-state index contributed by atoms with van der Waals surface area (Å²) in [5.74, 6) is 0.511. The van der Waals surface area contributed by atoms with Gasteiger partial charge in [-0.3, -0.25) is 4.79 Å². The molecule has 0 aliphatic rings. The first-order chi connectivity index (χ1) is 15.6. The molecular weight excluding hydrogens is 404 g/mol. The van der Waals surface area contributed by atoms with Gasteiger partial charge in [0.25, 0.3) is 0 Å². The molecule has 5 heteroatoms. The summed E-state index contributed by atoms with van der Waals surface area (Å²) in [4.78, 5) is 24.8. The first-order valence-electron chi connectivity index (χ1n) is 10.2. The maximum absolute atomic E-state index is 12.4. The summed E-state index contributed by atoms with van der Waals surface area (Å²) in [6, 6.07) is 27.5. The van der Waals surface area contributed by atoms with Gasteiger partial charge in [-0.2, -0.15) is 0 Å². The summed E-state index contributed by atoms with van der Waals surface area (Å²) in [6.45, 7) is 0.0198. The number of fused-ring (bicyclic) bond motifs is 1. The number of methoxy groups -OCH3 is 1. The van der Waals surface area contributed by atoms with E-state index in [4.69, 9.17) is 14.2 Å². The number of Topliss-reactive ketones (excluding diaryl/α,β-unsaturated/α-hetero) is 1. The second-order valence-electron chi connectivity index (χ2n) is 7.20. The standard InChI is InChI=1S/C27H22O5/c1-30-25-8-4-5-9-26(25)31-17-19-10-12-21(13-11-19)27(29)32-18-24(28)23-15-14-20-6-2-3-7-22(20)16-23/h2-16H,17-18H2,1H3. The van der Waals surface area contributed by atoms with Crippen LogP contribution in [-0.2, 0) is 11.3 Å². The molecule has 0 aromatic heterocycles. The first-order valence-corrected chi connectivity index (χ1v) is 10.2. The van der Waals surface area contributed by atoms with Crippen molar-refractivity contribution in [3.63, 3.8) is 0 Å². The van der Waals surface area contributed by atoms with E-state index in [-0.39, 0.29) is 12.4 Å². The highest BCUT2D eigenvalue weighted by atomic mass is 16.5. The summed E-state index contributed by atoms with van der Waals surface area (Å²) < 4.78 is 16.3. The van der Waals surface area contributed by atoms with Gasteiger partial charge in [-0.25, -0.2) is 4.79 Å². The van der Waals surface area contributed by atoms with Gasteiger partial charge >= 0.3 is 5.97 Å². The summed E-state index contributed by atoms with van der Waals surface area (Å²) in [7, 11) is 1.59. The van der Waals surface area contributed by atoms with Crippen LogP contribution in [0.15, 0.2) is 91.0 Å². The fourth-order valence-corrected chi connectivity index (χ4v) is 3.30. The molecule has 0 aliphatic heterocycles. The van der Waals surface area contributed by atoms with Crippen molar-refractivity contribution < 1.29 is 23.8 Å². The van der Waals surface area contributed by atoms with Crippen LogP contribution in [0.3, 0.4) is 0 Å². The Bertz CT molecular complexity index is 1240. The van der Waals surface area contributed by atoms with E-state index >= 15 is 0 Å². The molecular formula is C27H22O5. The molecule has 4 aromatic carbocycles. The van der Waals surface area contributed by atoms with E-state index in [2.05, 4.69) is 0 Å². The molecule has 0 N–H and O–H groups in total. The fourth-order valence-electron chi connectivity index (χ4n) is 3.30. The SMILES string of the molecule is COc1ccccc1OCc1ccc(C(=O)OCC(=O)c2ccc3ccccc3c2)cc1. The number of ketones is 1. The van der Waals surface area contributed by atoms with Crippen molar-refractivity contribution >= 4 is 22.5 Å². The predicted octanol–water partition coefficient (Wildman–Crippen LogP) is 5.47. The number of ether oxygens (including phenoxy) is 3. The highest BCUT2D eigenvalue weighted by molar-refractivity contribution is 6.02. The zero-order chi connectivity index (χ0) is 22.3. The molecule has 0 radical (unpaired) electrons. The van der Waals surface area contributed by atoms with E-state index in [1.54, 1.807) is 37.4 Å². The minimum atomic E-state index is -0.545.